The van der Waals surface area contributed by atoms with Crippen LogP contribution < -0.4 is 9.64 Å². The summed E-state index contributed by atoms with van der Waals surface area (Å²) in [5.41, 5.74) is 6.74. The van der Waals surface area contributed by atoms with Crippen molar-refractivity contribution in [3.05, 3.63) is 87.3 Å². The van der Waals surface area contributed by atoms with E-state index in [9.17, 15) is 9.90 Å². The van der Waals surface area contributed by atoms with Gasteiger partial charge in [0.1, 0.15) is 18.1 Å². The third-order valence-electron chi connectivity index (χ3n) is 11.1. The molecule has 0 spiro atoms. The second-order valence-corrected chi connectivity index (χ2v) is 16.6. The quantitative estimate of drug-likeness (QED) is 0.0949. The van der Waals surface area contributed by atoms with Crippen molar-refractivity contribution in [1.82, 2.24) is 0 Å². The van der Waals surface area contributed by atoms with E-state index in [1.807, 2.05) is 32.1 Å². The lowest BCUT2D eigenvalue weighted by Gasteiger charge is -2.29. The average Bonchev–Trinajstić information content (AvgIpc) is 3.42. The lowest BCUT2D eigenvalue weighted by atomic mass is 9.77. The van der Waals surface area contributed by atoms with E-state index in [0.717, 1.165) is 60.0 Å². The molecule has 3 aliphatic rings. The Morgan fingerprint density at radius 2 is 1.47 bits per heavy atom. The van der Waals surface area contributed by atoms with Crippen LogP contribution in [-0.4, -0.2) is 40.4 Å². The fourth-order valence-electron chi connectivity index (χ4n) is 8.13. The van der Waals surface area contributed by atoms with Crippen LogP contribution in [0.3, 0.4) is 0 Å². The molecule has 2 aromatic carbocycles. The number of carbonyl (C=O) groups excluding carboxylic acids is 1. The molecule has 0 saturated carbocycles. The molecular formula is C45H62ClN2O3+. The first kappa shape index (κ1) is 38.9. The fraction of sp³-hybridized carbons (Fsp3) is 0.556. The number of nitrogens with zero attached hydrogens (tertiary/aromatic N) is 2. The third kappa shape index (κ3) is 8.19. The Bertz CT molecular complexity index is 1720. The number of rotatable bonds is 18. The number of aliphatic hydroxyl groups is 1. The first-order chi connectivity index (χ1) is 24.3. The lowest BCUT2D eigenvalue weighted by molar-refractivity contribution is -0.438. The largest absolute Gasteiger partial charge is 0.506 e. The molecule has 6 heteroatoms. The molecule has 1 N–H and O–H groups in total. The van der Waals surface area contributed by atoms with Gasteiger partial charge in [-0.25, -0.2) is 0 Å². The zero-order valence-electron chi connectivity index (χ0n) is 32.6. The van der Waals surface area contributed by atoms with E-state index >= 15 is 0 Å². The van der Waals surface area contributed by atoms with Crippen LogP contribution in [0, 0.1) is 0 Å². The molecular weight excluding hydrogens is 652 g/mol. The monoisotopic (exact) mass is 713 g/mol. The van der Waals surface area contributed by atoms with Crippen molar-refractivity contribution >= 4 is 34.5 Å². The standard InChI is InChI=1S/C45H61ClN2O3/c1-9-11-13-15-17-19-25-47-38-23-21-32(46)27-36(38)44(5,6)40(47)29-34-42(49)35(43(34)50)30-41-45(7,8)37-28-33(51-31(3)4)22-24-39(37)48(41)26-20-18-16-14-12-10-2/h21-24,27-31H,9-20,25-26H2,1-8H3/p+1. The zero-order chi connectivity index (χ0) is 36.9. The molecule has 1 aliphatic carbocycles. The Hall–Kier alpha value is -3.31. The summed E-state index contributed by atoms with van der Waals surface area (Å²) in [5.74, 6) is 0.833. The van der Waals surface area contributed by atoms with Gasteiger partial charge in [-0.2, -0.15) is 4.58 Å². The Morgan fingerprint density at radius 3 is 2.12 bits per heavy atom. The van der Waals surface area contributed by atoms with Crippen LogP contribution in [-0.2, 0) is 15.6 Å². The van der Waals surface area contributed by atoms with E-state index in [-0.39, 0.29) is 28.5 Å². The maximum Gasteiger partial charge on any atom is 0.210 e. The molecule has 2 heterocycles. The Labute approximate surface area is 313 Å². The highest BCUT2D eigenvalue weighted by Crippen LogP contribution is 2.50. The molecule has 0 amide bonds. The van der Waals surface area contributed by atoms with Crippen LogP contribution in [0.15, 0.2) is 71.2 Å². The van der Waals surface area contributed by atoms with Gasteiger partial charge in [-0.15, -0.1) is 0 Å². The number of Topliss-reactive ketones (excluding diaryl/α,β-unsaturated/α-hetero) is 1. The first-order valence-corrected chi connectivity index (χ1v) is 20.2. The number of ether oxygens (including phenoxy) is 1. The molecule has 276 valence electrons. The van der Waals surface area contributed by atoms with Gasteiger partial charge in [0.2, 0.25) is 11.5 Å². The number of aliphatic hydroxyl groups excluding tert-OH is 1. The van der Waals surface area contributed by atoms with E-state index in [0.29, 0.717) is 16.2 Å². The van der Waals surface area contributed by atoms with Gasteiger partial charge >= 0.3 is 0 Å². The number of unbranched alkanes of at least 4 members (excludes halogenated alkanes) is 10. The van der Waals surface area contributed by atoms with E-state index in [1.54, 1.807) is 0 Å². The first-order valence-electron chi connectivity index (χ1n) is 19.8. The molecule has 51 heavy (non-hydrogen) atoms. The highest BCUT2D eigenvalue weighted by molar-refractivity contribution is 6.30. The summed E-state index contributed by atoms with van der Waals surface area (Å²) in [5, 5.41) is 12.3. The second-order valence-electron chi connectivity index (χ2n) is 16.2. The molecule has 0 radical (unpaired) electrons. The van der Waals surface area contributed by atoms with E-state index in [2.05, 4.69) is 81.3 Å². The van der Waals surface area contributed by atoms with Crippen molar-refractivity contribution in [2.45, 2.75) is 149 Å². The van der Waals surface area contributed by atoms with Gasteiger partial charge in [0, 0.05) is 52.5 Å². The predicted molar refractivity (Wildman–Crippen MR) is 214 cm³/mol. The van der Waals surface area contributed by atoms with Crippen LogP contribution >= 0.6 is 11.6 Å². The predicted octanol–water partition coefficient (Wildman–Crippen LogP) is 12.2. The van der Waals surface area contributed by atoms with Crippen LogP contribution in [0.4, 0.5) is 11.4 Å². The summed E-state index contributed by atoms with van der Waals surface area (Å²) in [4.78, 5) is 16.4. The number of halogens is 1. The zero-order valence-corrected chi connectivity index (χ0v) is 33.4. The van der Waals surface area contributed by atoms with Crippen molar-refractivity contribution < 1.29 is 19.2 Å². The molecule has 0 atom stereocenters. The van der Waals surface area contributed by atoms with Crippen LogP contribution in [0.5, 0.6) is 5.75 Å². The van der Waals surface area contributed by atoms with Gasteiger partial charge in [0.15, 0.2) is 5.71 Å². The van der Waals surface area contributed by atoms with Gasteiger partial charge in [-0.1, -0.05) is 97.1 Å². The number of ketones is 1. The molecule has 5 nitrogen and oxygen atoms in total. The molecule has 0 saturated heterocycles. The summed E-state index contributed by atoms with van der Waals surface area (Å²) in [6.07, 6.45) is 18.5. The maximum absolute atomic E-state index is 14.1. The topological polar surface area (TPSA) is 52.8 Å². The minimum absolute atomic E-state index is 0.0796. The number of hydrogen-bond acceptors (Lipinski definition) is 4. The highest BCUT2D eigenvalue weighted by atomic mass is 35.5. The van der Waals surface area contributed by atoms with Gasteiger partial charge in [-0.05, 0) is 82.5 Å². The molecule has 0 fully saturated rings. The lowest BCUT2D eigenvalue weighted by Crippen LogP contribution is -2.32. The molecule has 0 bridgehead atoms. The number of hydrogen-bond donors (Lipinski definition) is 1. The van der Waals surface area contributed by atoms with Crippen LogP contribution in [0.2, 0.25) is 5.02 Å². The number of allylic oxidation sites excluding steroid dienone is 5. The molecule has 2 aromatic rings. The normalized spacial score (nSPS) is 19.1. The SMILES string of the molecule is CCCCCCCCN1/C(=C\C2=C(O)C(=C\C3=[N+](CCCCCCCC)c4ccc(OC(C)C)cc4C3(C)C)/C2=O)C(C)(C)c2cc(Cl)ccc21. The number of fused-ring (bicyclic) bond motifs is 2. The Kier molecular flexibility index (Phi) is 12.6. The van der Waals surface area contributed by atoms with Crippen molar-refractivity contribution in [3.8, 4) is 5.75 Å². The van der Waals surface area contributed by atoms with E-state index < -0.39 is 0 Å². The summed E-state index contributed by atoms with van der Waals surface area (Å²) < 4.78 is 8.48. The molecule has 5 rings (SSSR count). The van der Waals surface area contributed by atoms with Gasteiger partial charge in [0.05, 0.1) is 22.7 Å². The van der Waals surface area contributed by atoms with E-state index in [4.69, 9.17) is 16.3 Å². The average molecular weight is 714 g/mol. The highest BCUT2D eigenvalue weighted by Gasteiger charge is 2.47. The summed E-state index contributed by atoms with van der Waals surface area (Å²) in [7, 11) is 0. The van der Waals surface area contributed by atoms with E-state index in [1.165, 1.54) is 69.8 Å². The van der Waals surface area contributed by atoms with Gasteiger partial charge in [0.25, 0.3) is 0 Å². The number of carbonyl (C=O) groups is 1. The second kappa shape index (κ2) is 16.6. The maximum atomic E-state index is 14.1. The van der Waals surface area contributed by atoms with Gasteiger partial charge in [-0.3, -0.25) is 4.79 Å². The minimum Gasteiger partial charge on any atom is -0.506 e. The number of anilines is 1. The van der Waals surface area contributed by atoms with Crippen molar-refractivity contribution in [1.29, 1.82) is 0 Å². The Balaban J connectivity index is 1.48. The summed E-state index contributed by atoms with van der Waals surface area (Å²) in [6, 6.07) is 12.5. The molecule has 2 aliphatic heterocycles. The summed E-state index contributed by atoms with van der Waals surface area (Å²) in [6.45, 7) is 19.1. The fourth-order valence-corrected chi connectivity index (χ4v) is 8.31. The molecule has 0 aromatic heterocycles. The van der Waals surface area contributed by atoms with Crippen LogP contribution in [0.1, 0.15) is 144 Å². The minimum atomic E-state index is -0.377. The third-order valence-corrected chi connectivity index (χ3v) is 11.4. The van der Waals surface area contributed by atoms with Crippen molar-refractivity contribution in [3.63, 3.8) is 0 Å². The summed E-state index contributed by atoms with van der Waals surface area (Å²) >= 11 is 6.51. The van der Waals surface area contributed by atoms with Gasteiger partial charge < -0.3 is 14.7 Å². The number of benzene rings is 2. The molecule has 0 unspecified atom stereocenters. The van der Waals surface area contributed by atoms with Crippen molar-refractivity contribution in [2.75, 3.05) is 18.0 Å². The van der Waals surface area contributed by atoms with Crippen molar-refractivity contribution in [2.24, 2.45) is 0 Å². The smallest absolute Gasteiger partial charge is 0.210 e. The van der Waals surface area contributed by atoms with Crippen LogP contribution in [0.25, 0.3) is 0 Å². The Morgan fingerprint density at radius 1 is 0.824 bits per heavy atom.